The van der Waals surface area contributed by atoms with Crippen molar-refractivity contribution in [2.75, 3.05) is 0 Å². The lowest BCUT2D eigenvalue weighted by molar-refractivity contribution is -0.136. The van der Waals surface area contributed by atoms with Gasteiger partial charge in [0.05, 0.1) is 23.1 Å². The molecule has 0 saturated heterocycles. The van der Waals surface area contributed by atoms with Gasteiger partial charge >= 0.3 is 5.97 Å². The standard InChI is InChI=1S/C17H16N6O2S/c1-10-8-11(2)22(20-10)16-18-19-17-23(16)21-15(12-6-4-3-5-7-12)13(26-17)9-14(24)25/h3-8,13H,9H2,1-2H3,(H,24,25)/t13-/m0/s1. The van der Waals surface area contributed by atoms with Crippen molar-refractivity contribution in [1.29, 1.82) is 0 Å². The first-order valence-corrected chi connectivity index (χ1v) is 8.92. The Kier molecular flexibility index (Phi) is 4.08. The largest absolute Gasteiger partial charge is 0.481 e. The van der Waals surface area contributed by atoms with Crippen LogP contribution >= 0.6 is 11.8 Å². The van der Waals surface area contributed by atoms with E-state index in [1.807, 2.05) is 50.2 Å². The van der Waals surface area contributed by atoms with Crippen LogP contribution in [0.3, 0.4) is 0 Å². The minimum Gasteiger partial charge on any atom is -0.481 e. The van der Waals surface area contributed by atoms with E-state index in [-0.39, 0.29) is 11.7 Å². The molecule has 0 radical (unpaired) electrons. The summed E-state index contributed by atoms with van der Waals surface area (Å²) in [4.78, 5) is 11.3. The summed E-state index contributed by atoms with van der Waals surface area (Å²) in [5, 5.41) is 27.0. The predicted octanol–water partition coefficient (Wildman–Crippen LogP) is 2.28. The third kappa shape index (κ3) is 2.90. The lowest BCUT2D eigenvalue weighted by atomic mass is 10.1. The molecule has 8 nitrogen and oxygen atoms in total. The molecule has 1 N–H and O–H groups in total. The molecule has 26 heavy (non-hydrogen) atoms. The van der Waals surface area contributed by atoms with Crippen molar-refractivity contribution < 1.29 is 9.90 Å². The molecule has 0 bridgehead atoms. The maximum atomic E-state index is 11.3. The molecule has 2 aromatic heterocycles. The molecular weight excluding hydrogens is 352 g/mol. The Hall–Kier alpha value is -2.94. The van der Waals surface area contributed by atoms with Crippen molar-refractivity contribution in [3.8, 4) is 5.95 Å². The van der Waals surface area contributed by atoms with Crippen molar-refractivity contribution >= 4 is 23.4 Å². The maximum absolute atomic E-state index is 11.3. The Morgan fingerprint density at radius 2 is 2.00 bits per heavy atom. The fourth-order valence-corrected chi connectivity index (χ4v) is 3.97. The van der Waals surface area contributed by atoms with Gasteiger partial charge in [-0.2, -0.15) is 14.9 Å². The van der Waals surface area contributed by atoms with Crippen molar-refractivity contribution in [2.45, 2.75) is 30.7 Å². The van der Waals surface area contributed by atoms with Gasteiger partial charge in [-0.15, -0.1) is 10.2 Å². The number of aryl methyl sites for hydroxylation is 2. The Balaban J connectivity index is 1.85. The topological polar surface area (TPSA) is 98.2 Å². The highest BCUT2D eigenvalue weighted by Gasteiger charge is 2.31. The molecular formula is C17H16N6O2S. The number of aliphatic carboxylic acids is 1. The number of aromatic nitrogens is 5. The molecule has 1 atom stereocenters. The number of carbonyl (C=O) groups is 1. The molecule has 0 aliphatic carbocycles. The molecule has 0 unspecified atom stereocenters. The van der Waals surface area contributed by atoms with Crippen molar-refractivity contribution in [3.05, 3.63) is 53.3 Å². The van der Waals surface area contributed by atoms with E-state index in [0.717, 1.165) is 17.0 Å². The van der Waals surface area contributed by atoms with Crippen LogP contribution in [0.1, 0.15) is 23.4 Å². The number of hydrogen-bond acceptors (Lipinski definition) is 6. The first-order chi connectivity index (χ1) is 12.5. The Morgan fingerprint density at radius 1 is 1.23 bits per heavy atom. The average molecular weight is 368 g/mol. The monoisotopic (exact) mass is 368 g/mol. The van der Waals surface area contributed by atoms with Crippen LogP contribution in [0.5, 0.6) is 0 Å². The van der Waals surface area contributed by atoms with Gasteiger partial charge in [-0.1, -0.05) is 42.1 Å². The lowest BCUT2D eigenvalue weighted by Gasteiger charge is -2.21. The third-order valence-corrected chi connectivity index (χ3v) is 5.12. The fraction of sp³-hybridized carbons (Fsp3) is 0.235. The molecule has 0 amide bonds. The summed E-state index contributed by atoms with van der Waals surface area (Å²) in [6, 6.07) is 11.5. The smallest absolute Gasteiger partial charge is 0.304 e. The number of rotatable bonds is 4. The number of carboxylic acids is 1. The number of thioether (sulfide) groups is 1. The molecule has 4 rings (SSSR count). The number of fused-ring (bicyclic) bond motifs is 1. The zero-order valence-corrected chi connectivity index (χ0v) is 15.0. The molecule has 1 aliphatic rings. The molecule has 0 fully saturated rings. The fourth-order valence-electron chi connectivity index (χ4n) is 2.89. The second-order valence-electron chi connectivity index (χ2n) is 5.99. The van der Waals surface area contributed by atoms with E-state index in [1.165, 1.54) is 11.8 Å². The average Bonchev–Trinajstić information content (AvgIpc) is 3.16. The number of benzene rings is 1. The number of nitrogens with zero attached hydrogens (tertiary/aromatic N) is 6. The van der Waals surface area contributed by atoms with Gasteiger partial charge in [-0.3, -0.25) is 4.79 Å². The molecule has 0 spiro atoms. The first-order valence-electron chi connectivity index (χ1n) is 8.04. The van der Waals surface area contributed by atoms with Crippen LogP contribution in [-0.2, 0) is 4.79 Å². The predicted molar refractivity (Wildman–Crippen MR) is 96.9 cm³/mol. The molecule has 3 aromatic rings. The Bertz CT molecular complexity index is 1010. The summed E-state index contributed by atoms with van der Waals surface area (Å²) in [6.07, 6.45) is -0.0412. The zero-order chi connectivity index (χ0) is 18.3. The van der Waals surface area contributed by atoms with Crippen LogP contribution < -0.4 is 0 Å². The van der Waals surface area contributed by atoms with E-state index in [4.69, 9.17) is 5.10 Å². The SMILES string of the molecule is Cc1cc(C)n(-c2nnc3n2N=C(c2ccccc2)[C@H](CC(=O)O)S3)n1. The van der Waals surface area contributed by atoms with E-state index < -0.39 is 5.97 Å². The number of hydrogen-bond donors (Lipinski definition) is 1. The van der Waals surface area contributed by atoms with Gasteiger partial charge in [-0.25, -0.2) is 4.68 Å². The molecule has 0 saturated carbocycles. The number of carboxylic acid groups (broad SMARTS) is 1. The molecule has 3 heterocycles. The zero-order valence-electron chi connectivity index (χ0n) is 14.2. The minimum absolute atomic E-state index is 0.0412. The second kappa shape index (κ2) is 6.41. The molecule has 132 valence electrons. The van der Waals surface area contributed by atoms with E-state index in [9.17, 15) is 9.90 Å². The highest BCUT2D eigenvalue weighted by molar-refractivity contribution is 8.00. The van der Waals surface area contributed by atoms with Crippen LogP contribution in [0.15, 0.2) is 46.7 Å². The summed E-state index contributed by atoms with van der Waals surface area (Å²) >= 11 is 1.35. The maximum Gasteiger partial charge on any atom is 0.304 e. The summed E-state index contributed by atoms with van der Waals surface area (Å²) in [5.74, 6) is -0.391. The summed E-state index contributed by atoms with van der Waals surface area (Å²) in [5.41, 5.74) is 3.36. The second-order valence-corrected chi connectivity index (χ2v) is 7.16. The van der Waals surface area contributed by atoms with E-state index in [2.05, 4.69) is 15.3 Å². The van der Waals surface area contributed by atoms with Gasteiger partial charge in [0, 0.05) is 5.69 Å². The van der Waals surface area contributed by atoms with E-state index in [0.29, 0.717) is 16.8 Å². The van der Waals surface area contributed by atoms with Crippen molar-refractivity contribution in [1.82, 2.24) is 24.7 Å². The van der Waals surface area contributed by atoms with Gasteiger partial charge in [0.2, 0.25) is 5.16 Å². The van der Waals surface area contributed by atoms with Crippen molar-refractivity contribution in [2.24, 2.45) is 5.10 Å². The van der Waals surface area contributed by atoms with Crippen LogP contribution in [0.4, 0.5) is 0 Å². The summed E-state index contributed by atoms with van der Waals surface area (Å²) < 4.78 is 3.32. The van der Waals surface area contributed by atoms with E-state index >= 15 is 0 Å². The Morgan fingerprint density at radius 3 is 2.65 bits per heavy atom. The van der Waals surface area contributed by atoms with Crippen molar-refractivity contribution in [3.63, 3.8) is 0 Å². The molecule has 1 aliphatic heterocycles. The van der Waals surface area contributed by atoms with Gasteiger partial charge in [0.15, 0.2) is 0 Å². The quantitative estimate of drug-likeness (QED) is 0.759. The molecule has 1 aromatic carbocycles. The Labute approximate surface area is 153 Å². The van der Waals surface area contributed by atoms with Crippen LogP contribution in [0.2, 0.25) is 0 Å². The minimum atomic E-state index is -0.877. The highest BCUT2D eigenvalue weighted by Crippen LogP contribution is 2.33. The normalized spacial score (nSPS) is 16.2. The van der Waals surface area contributed by atoms with Crippen LogP contribution in [0.25, 0.3) is 5.95 Å². The van der Waals surface area contributed by atoms with Gasteiger partial charge in [0.25, 0.3) is 5.95 Å². The van der Waals surface area contributed by atoms with Gasteiger partial charge < -0.3 is 5.11 Å². The van der Waals surface area contributed by atoms with Crippen LogP contribution in [0, 0.1) is 13.8 Å². The van der Waals surface area contributed by atoms with E-state index in [1.54, 1.807) is 9.36 Å². The lowest BCUT2D eigenvalue weighted by Crippen LogP contribution is -2.27. The third-order valence-electron chi connectivity index (χ3n) is 3.98. The van der Waals surface area contributed by atoms with Gasteiger partial charge in [-0.05, 0) is 25.5 Å². The highest BCUT2D eigenvalue weighted by atomic mass is 32.2. The molecule has 9 heteroatoms. The first kappa shape index (κ1) is 16.5. The van der Waals surface area contributed by atoms with Crippen LogP contribution in [-0.4, -0.2) is 46.7 Å². The summed E-state index contributed by atoms with van der Waals surface area (Å²) in [7, 11) is 0. The summed E-state index contributed by atoms with van der Waals surface area (Å²) in [6.45, 7) is 3.85. The van der Waals surface area contributed by atoms with Gasteiger partial charge in [0.1, 0.15) is 0 Å².